The minimum atomic E-state index is -0.951. The third kappa shape index (κ3) is 4.97. The van der Waals surface area contributed by atoms with Gasteiger partial charge in [0.05, 0.1) is 13.7 Å². The summed E-state index contributed by atoms with van der Waals surface area (Å²) < 4.78 is 62.9. The van der Waals surface area contributed by atoms with E-state index in [1.54, 1.807) is 42.5 Å². The molecular weight excluding hydrogens is 444 g/mol. The van der Waals surface area contributed by atoms with Crippen molar-refractivity contribution in [1.82, 2.24) is 0 Å². The number of rotatable bonds is 7. The minimum Gasteiger partial charge on any atom is -0.494 e. The molecule has 1 fully saturated rings. The fourth-order valence-corrected chi connectivity index (χ4v) is 4.94. The van der Waals surface area contributed by atoms with Crippen LogP contribution < -0.4 is 4.74 Å². The molecule has 180 valence electrons. The molecule has 0 radical (unpaired) electrons. The van der Waals surface area contributed by atoms with E-state index in [4.69, 9.17) is 9.84 Å². The first-order chi connectivity index (χ1) is 16.4. The van der Waals surface area contributed by atoms with Crippen molar-refractivity contribution < 1.29 is 27.4 Å². The molecule has 0 unspecified atom stereocenters. The van der Waals surface area contributed by atoms with Gasteiger partial charge in [0.1, 0.15) is 0 Å². The predicted octanol–water partition coefficient (Wildman–Crippen LogP) is 7.32. The lowest BCUT2D eigenvalue weighted by molar-refractivity contribution is 0.282. The van der Waals surface area contributed by atoms with E-state index < -0.39 is 23.3 Å². The van der Waals surface area contributed by atoms with E-state index in [-0.39, 0.29) is 23.8 Å². The summed E-state index contributed by atoms with van der Waals surface area (Å²) in [5.41, 5.74) is 2.18. The van der Waals surface area contributed by atoms with Gasteiger partial charge in [-0.2, -0.15) is 4.39 Å². The maximum atomic E-state index is 14.8. The molecule has 1 aliphatic rings. The molecule has 1 aliphatic carbocycles. The van der Waals surface area contributed by atoms with Gasteiger partial charge in [-0.3, -0.25) is 0 Å². The number of aliphatic hydroxyl groups is 1. The second-order valence-electron chi connectivity index (χ2n) is 9.00. The highest BCUT2D eigenvalue weighted by atomic mass is 19.2. The molecule has 0 heterocycles. The van der Waals surface area contributed by atoms with Crippen molar-refractivity contribution in [3.05, 3.63) is 88.5 Å². The summed E-state index contributed by atoms with van der Waals surface area (Å²) >= 11 is 0. The van der Waals surface area contributed by atoms with E-state index in [0.29, 0.717) is 41.0 Å². The van der Waals surface area contributed by atoms with Crippen LogP contribution in [-0.2, 0) is 13.0 Å². The molecule has 0 aromatic heterocycles. The lowest BCUT2D eigenvalue weighted by atomic mass is 9.76. The lowest BCUT2D eigenvalue weighted by Gasteiger charge is -2.29. The van der Waals surface area contributed by atoms with Crippen molar-refractivity contribution in [3.8, 4) is 16.9 Å². The summed E-state index contributed by atoms with van der Waals surface area (Å²) in [5, 5.41) is 9.15. The van der Waals surface area contributed by atoms with Crippen LogP contribution in [0.1, 0.15) is 54.7 Å². The first-order valence-corrected chi connectivity index (χ1v) is 11.6. The summed E-state index contributed by atoms with van der Waals surface area (Å²) in [6.07, 6.45) is 4.26. The van der Waals surface area contributed by atoms with Gasteiger partial charge < -0.3 is 9.84 Å². The van der Waals surface area contributed by atoms with Crippen LogP contribution in [0.3, 0.4) is 0 Å². The van der Waals surface area contributed by atoms with E-state index in [0.717, 1.165) is 25.7 Å². The first kappa shape index (κ1) is 24.3. The van der Waals surface area contributed by atoms with Gasteiger partial charge in [-0.05, 0) is 78.7 Å². The first-order valence-electron chi connectivity index (χ1n) is 11.6. The normalized spacial score (nSPS) is 18.2. The molecule has 4 rings (SSSR count). The smallest absolute Gasteiger partial charge is 0.200 e. The van der Waals surface area contributed by atoms with Crippen molar-refractivity contribution in [2.24, 2.45) is 5.92 Å². The number of ether oxygens (including phenoxy) is 1. The zero-order valence-corrected chi connectivity index (χ0v) is 19.1. The highest BCUT2D eigenvalue weighted by Crippen LogP contribution is 2.40. The molecule has 0 bridgehead atoms. The number of halogens is 4. The zero-order chi connectivity index (χ0) is 24.2. The van der Waals surface area contributed by atoms with Crippen LogP contribution in [0.25, 0.3) is 11.1 Å². The molecule has 1 N–H and O–H groups in total. The molecule has 3 aromatic rings. The van der Waals surface area contributed by atoms with Gasteiger partial charge in [-0.15, -0.1) is 0 Å². The monoisotopic (exact) mass is 472 g/mol. The van der Waals surface area contributed by atoms with E-state index >= 15 is 0 Å². The molecule has 0 atom stereocenters. The zero-order valence-electron chi connectivity index (χ0n) is 19.1. The summed E-state index contributed by atoms with van der Waals surface area (Å²) in [4.78, 5) is 0. The molecule has 2 nitrogen and oxygen atoms in total. The van der Waals surface area contributed by atoms with Crippen LogP contribution in [-0.4, -0.2) is 12.2 Å². The van der Waals surface area contributed by atoms with Gasteiger partial charge in [0.15, 0.2) is 23.2 Å². The van der Waals surface area contributed by atoms with Gasteiger partial charge in [0.25, 0.3) is 0 Å². The highest BCUT2D eigenvalue weighted by molar-refractivity contribution is 5.65. The molecule has 34 heavy (non-hydrogen) atoms. The summed E-state index contributed by atoms with van der Waals surface area (Å²) in [5.74, 6) is -3.31. The van der Waals surface area contributed by atoms with Crippen molar-refractivity contribution >= 4 is 0 Å². The van der Waals surface area contributed by atoms with Crippen molar-refractivity contribution in [3.63, 3.8) is 0 Å². The summed E-state index contributed by atoms with van der Waals surface area (Å²) in [6.45, 7) is -0.107. The molecule has 1 saturated carbocycles. The van der Waals surface area contributed by atoms with Gasteiger partial charge in [-0.1, -0.05) is 42.5 Å². The number of hydrogen-bond donors (Lipinski definition) is 1. The third-order valence-corrected chi connectivity index (χ3v) is 7.01. The molecule has 3 aromatic carbocycles. The Morgan fingerprint density at radius 2 is 1.50 bits per heavy atom. The van der Waals surface area contributed by atoms with Gasteiger partial charge >= 0.3 is 0 Å². The van der Waals surface area contributed by atoms with Crippen LogP contribution in [0.15, 0.2) is 48.5 Å². The Morgan fingerprint density at radius 1 is 0.794 bits per heavy atom. The Morgan fingerprint density at radius 3 is 2.15 bits per heavy atom. The Bertz CT molecular complexity index is 1140. The number of aliphatic hydroxyl groups excluding tert-OH is 1. The standard InChI is InChI=1S/C28H28F4O2/c1-34-24-15-14-23(27(31)28(24)32)19-7-2-17(3-8-19)4-11-21-12-13-22(26(30)25(21)29)20-9-5-18(16-33)6-10-20/h5-6,9-10,12-15,17,19,33H,2-4,7-8,11,16H2,1H3. The van der Waals surface area contributed by atoms with Gasteiger partial charge in [0, 0.05) is 5.56 Å². The molecule has 0 spiro atoms. The Labute approximate surface area is 197 Å². The van der Waals surface area contributed by atoms with Crippen LogP contribution in [0.2, 0.25) is 0 Å². The predicted molar refractivity (Wildman–Crippen MR) is 124 cm³/mol. The topological polar surface area (TPSA) is 29.5 Å². The van der Waals surface area contributed by atoms with E-state index in [9.17, 15) is 17.6 Å². The second kappa shape index (κ2) is 10.6. The molecule has 0 aliphatic heterocycles. The SMILES string of the molecule is COc1ccc(C2CCC(CCc3ccc(-c4ccc(CO)cc4)c(F)c3F)CC2)c(F)c1F. The van der Waals surface area contributed by atoms with Gasteiger partial charge in [0.2, 0.25) is 5.82 Å². The number of aryl methyl sites for hydroxylation is 1. The van der Waals surface area contributed by atoms with Crippen LogP contribution >= 0.6 is 0 Å². The minimum absolute atomic E-state index is 0.0534. The maximum Gasteiger partial charge on any atom is 0.200 e. The van der Waals surface area contributed by atoms with Crippen molar-refractivity contribution in [2.45, 2.75) is 51.0 Å². The number of methoxy groups -OCH3 is 1. The largest absolute Gasteiger partial charge is 0.494 e. The average molecular weight is 473 g/mol. The molecule has 0 saturated heterocycles. The quantitative estimate of drug-likeness (QED) is 0.365. The van der Waals surface area contributed by atoms with Gasteiger partial charge in [-0.25, -0.2) is 13.2 Å². The Hall–Kier alpha value is -2.86. The number of benzene rings is 3. The summed E-state index contributed by atoms with van der Waals surface area (Å²) in [6, 6.07) is 13.0. The maximum absolute atomic E-state index is 14.8. The molecular formula is C28H28F4O2. The van der Waals surface area contributed by atoms with Crippen LogP contribution in [0.5, 0.6) is 5.75 Å². The fraction of sp³-hybridized carbons (Fsp3) is 0.357. The molecule has 6 heteroatoms. The van der Waals surface area contributed by atoms with Crippen LogP contribution in [0.4, 0.5) is 17.6 Å². The van der Waals surface area contributed by atoms with E-state index in [1.165, 1.54) is 13.2 Å². The second-order valence-corrected chi connectivity index (χ2v) is 9.00. The Balaban J connectivity index is 1.36. The van der Waals surface area contributed by atoms with Crippen molar-refractivity contribution in [1.29, 1.82) is 0 Å². The van der Waals surface area contributed by atoms with Crippen molar-refractivity contribution in [2.75, 3.05) is 7.11 Å². The van der Waals surface area contributed by atoms with E-state index in [2.05, 4.69) is 0 Å². The van der Waals surface area contributed by atoms with Crippen LogP contribution in [0, 0.1) is 29.2 Å². The van der Waals surface area contributed by atoms with E-state index in [1.807, 2.05) is 0 Å². The molecule has 0 amide bonds. The number of hydrogen-bond acceptors (Lipinski definition) is 2. The highest BCUT2D eigenvalue weighted by Gasteiger charge is 2.27. The third-order valence-electron chi connectivity index (χ3n) is 7.01. The fourth-order valence-electron chi connectivity index (χ4n) is 4.94. The average Bonchev–Trinajstić information content (AvgIpc) is 2.87. The Kier molecular flexibility index (Phi) is 7.57. The lowest BCUT2D eigenvalue weighted by Crippen LogP contribution is -2.16. The summed E-state index contributed by atoms with van der Waals surface area (Å²) in [7, 11) is 1.31.